The number of aromatic nitrogens is 1. The van der Waals surface area contributed by atoms with Crippen molar-refractivity contribution < 1.29 is 8.42 Å². The molecule has 0 radical (unpaired) electrons. The molecule has 2 unspecified atom stereocenters. The lowest BCUT2D eigenvalue weighted by molar-refractivity contribution is 0.552. The van der Waals surface area contributed by atoms with E-state index in [0.717, 1.165) is 25.0 Å². The first-order valence-electron chi connectivity index (χ1n) is 6.37. The summed E-state index contributed by atoms with van der Waals surface area (Å²) in [6.07, 6.45) is 4.27. The molecule has 112 valence electrons. The first-order chi connectivity index (χ1) is 9.42. The summed E-state index contributed by atoms with van der Waals surface area (Å²) in [5.41, 5.74) is 0. The molecule has 1 aromatic heterocycles. The lowest BCUT2D eigenvalue weighted by atomic mass is 10.3. The molecule has 0 spiro atoms. The van der Waals surface area contributed by atoms with Gasteiger partial charge in [0.05, 0.1) is 0 Å². The van der Waals surface area contributed by atoms with Crippen LogP contribution >= 0.6 is 39.3 Å². The van der Waals surface area contributed by atoms with Crippen LogP contribution in [0.1, 0.15) is 26.2 Å². The van der Waals surface area contributed by atoms with Gasteiger partial charge >= 0.3 is 0 Å². The molecule has 1 N–H and O–H groups in total. The molecule has 20 heavy (non-hydrogen) atoms. The second-order valence-corrected chi connectivity index (χ2v) is 9.18. The second-order valence-electron chi connectivity index (χ2n) is 4.65. The van der Waals surface area contributed by atoms with E-state index in [1.807, 2.05) is 11.8 Å². The van der Waals surface area contributed by atoms with Gasteiger partial charge in [-0.15, -0.1) is 0 Å². The molecule has 1 saturated carbocycles. The smallest absolute Gasteiger partial charge is 0.242 e. The molecule has 2 rings (SSSR count). The minimum Gasteiger partial charge on any atom is -0.242 e. The van der Waals surface area contributed by atoms with E-state index in [4.69, 9.17) is 11.6 Å². The summed E-state index contributed by atoms with van der Waals surface area (Å²) < 4.78 is 28.1. The Hall–Kier alpha value is 0.180. The SMILES string of the molecule is CCSC1CCC(NS(=O)(=O)c2cc(Br)cnc2Cl)C1. The molecule has 0 aliphatic heterocycles. The van der Waals surface area contributed by atoms with Crippen LogP contribution in [0.15, 0.2) is 21.6 Å². The molecule has 0 amide bonds. The lowest BCUT2D eigenvalue weighted by Gasteiger charge is -2.14. The van der Waals surface area contributed by atoms with Crippen LogP contribution in [0.4, 0.5) is 0 Å². The molecule has 1 aliphatic carbocycles. The number of nitrogens with zero attached hydrogens (tertiary/aromatic N) is 1. The first kappa shape index (κ1) is 16.5. The lowest BCUT2D eigenvalue weighted by Crippen LogP contribution is -2.33. The Labute approximate surface area is 137 Å². The molecule has 0 bridgehead atoms. The summed E-state index contributed by atoms with van der Waals surface area (Å²) in [5, 5.41) is 0.544. The maximum absolute atomic E-state index is 12.4. The van der Waals surface area contributed by atoms with Crippen molar-refractivity contribution >= 4 is 49.3 Å². The van der Waals surface area contributed by atoms with Crippen molar-refractivity contribution in [1.29, 1.82) is 0 Å². The highest BCUT2D eigenvalue weighted by molar-refractivity contribution is 9.10. The van der Waals surface area contributed by atoms with Crippen molar-refractivity contribution in [3.8, 4) is 0 Å². The molecule has 2 atom stereocenters. The van der Waals surface area contributed by atoms with Crippen LogP contribution in [0.5, 0.6) is 0 Å². The van der Waals surface area contributed by atoms with Crippen LogP contribution in [0.2, 0.25) is 5.15 Å². The topological polar surface area (TPSA) is 59.1 Å². The molecule has 1 heterocycles. The number of halogens is 2. The molecular weight excluding hydrogens is 384 g/mol. The van der Waals surface area contributed by atoms with E-state index in [9.17, 15) is 8.42 Å². The predicted octanol–water partition coefficient (Wildman–Crippen LogP) is 3.45. The van der Waals surface area contributed by atoms with E-state index in [2.05, 4.69) is 32.6 Å². The molecule has 1 aliphatic rings. The fourth-order valence-electron chi connectivity index (χ4n) is 2.31. The van der Waals surface area contributed by atoms with Gasteiger partial charge in [0, 0.05) is 22.0 Å². The van der Waals surface area contributed by atoms with Crippen LogP contribution in [-0.2, 0) is 10.0 Å². The van der Waals surface area contributed by atoms with Gasteiger partial charge < -0.3 is 0 Å². The summed E-state index contributed by atoms with van der Waals surface area (Å²) in [7, 11) is -3.62. The Balaban J connectivity index is 2.10. The zero-order valence-corrected chi connectivity index (χ0v) is 14.9. The monoisotopic (exact) mass is 398 g/mol. The van der Waals surface area contributed by atoms with Crippen LogP contribution in [0.3, 0.4) is 0 Å². The standard InChI is InChI=1S/C12H16BrClN2O2S2/c1-2-19-10-4-3-9(6-10)16-20(17,18)11-5-8(13)7-15-12(11)14/h5,7,9-10,16H,2-4,6H2,1H3. The van der Waals surface area contributed by atoms with Gasteiger partial charge in [0.15, 0.2) is 0 Å². The van der Waals surface area contributed by atoms with Crippen LogP contribution in [-0.4, -0.2) is 30.4 Å². The third kappa shape index (κ3) is 4.10. The van der Waals surface area contributed by atoms with Gasteiger partial charge in [0.2, 0.25) is 10.0 Å². The fourth-order valence-corrected chi connectivity index (χ4v) is 5.68. The van der Waals surface area contributed by atoms with Gasteiger partial charge in [0.25, 0.3) is 0 Å². The van der Waals surface area contributed by atoms with Crippen molar-refractivity contribution in [2.45, 2.75) is 42.4 Å². The van der Waals surface area contributed by atoms with E-state index in [-0.39, 0.29) is 16.1 Å². The van der Waals surface area contributed by atoms with Crippen molar-refractivity contribution in [2.75, 3.05) is 5.75 Å². The first-order valence-corrected chi connectivity index (χ1v) is 10.1. The molecule has 4 nitrogen and oxygen atoms in total. The Bertz CT molecular complexity index is 583. The fraction of sp³-hybridized carbons (Fsp3) is 0.583. The Morgan fingerprint density at radius 1 is 1.55 bits per heavy atom. The highest BCUT2D eigenvalue weighted by Gasteiger charge is 2.29. The largest absolute Gasteiger partial charge is 0.243 e. The Morgan fingerprint density at radius 3 is 3.00 bits per heavy atom. The Morgan fingerprint density at radius 2 is 2.30 bits per heavy atom. The predicted molar refractivity (Wildman–Crippen MR) is 86.8 cm³/mol. The van der Waals surface area contributed by atoms with E-state index >= 15 is 0 Å². The minimum absolute atomic E-state index is 0.00169. The summed E-state index contributed by atoms with van der Waals surface area (Å²) in [6.45, 7) is 2.12. The van der Waals surface area contributed by atoms with Crippen molar-refractivity contribution in [1.82, 2.24) is 9.71 Å². The number of rotatable bonds is 5. The summed E-state index contributed by atoms with van der Waals surface area (Å²) in [6, 6.07) is 1.46. The zero-order chi connectivity index (χ0) is 14.8. The number of nitrogens with one attached hydrogen (secondary N) is 1. The molecule has 8 heteroatoms. The number of pyridine rings is 1. The van der Waals surface area contributed by atoms with E-state index in [1.165, 1.54) is 12.3 Å². The number of hydrogen-bond acceptors (Lipinski definition) is 4. The number of thioether (sulfide) groups is 1. The van der Waals surface area contributed by atoms with Gasteiger partial charge in [-0.1, -0.05) is 18.5 Å². The van der Waals surface area contributed by atoms with Crippen LogP contribution in [0.25, 0.3) is 0 Å². The van der Waals surface area contributed by atoms with E-state index < -0.39 is 10.0 Å². The molecular formula is C12H16BrClN2O2S2. The molecule has 1 aromatic rings. The second kappa shape index (κ2) is 6.96. The summed E-state index contributed by atoms with van der Waals surface area (Å²) in [4.78, 5) is 3.89. The Kier molecular flexibility index (Phi) is 5.76. The normalized spacial score (nSPS) is 23.1. The molecule has 0 aromatic carbocycles. The van der Waals surface area contributed by atoms with Crippen molar-refractivity contribution in [2.24, 2.45) is 0 Å². The van der Waals surface area contributed by atoms with Gasteiger partial charge in [-0.25, -0.2) is 18.1 Å². The number of hydrogen-bond donors (Lipinski definition) is 1. The van der Waals surface area contributed by atoms with Crippen LogP contribution in [0, 0.1) is 0 Å². The van der Waals surface area contributed by atoms with Gasteiger partial charge in [-0.3, -0.25) is 0 Å². The average Bonchev–Trinajstić information content (AvgIpc) is 2.79. The number of sulfonamides is 1. The third-order valence-electron chi connectivity index (χ3n) is 3.17. The van der Waals surface area contributed by atoms with Gasteiger partial charge in [-0.2, -0.15) is 11.8 Å². The maximum atomic E-state index is 12.4. The third-order valence-corrected chi connectivity index (χ3v) is 6.79. The van der Waals surface area contributed by atoms with E-state index in [0.29, 0.717) is 9.72 Å². The highest BCUT2D eigenvalue weighted by atomic mass is 79.9. The van der Waals surface area contributed by atoms with Crippen molar-refractivity contribution in [3.63, 3.8) is 0 Å². The highest BCUT2D eigenvalue weighted by Crippen LogP contribution is 2.31. The molecule has 0 saturated heterocycles. The summed E-state index contributed by atoms with van der Waals surface area (Å²) in [5.74, 6) is 1.06. The van der Waals surface area contributed by atoms with Crippen LogP contribution < -0.4 is 4.72 Å². The molecule has 1 fully saturated rings. The van der Waals surface area contributed by atoms with Gasteiger partial charge in [-0.05, 0) is 47.0 Å². The average molecular weight is 400 g/mol. The maximum Gasteiger partial charge on any atom is 0.243 e. The minimum atomic E-state index is -3.62. The quantitative estimate of drug-likeness (QED) is 0.770. The van der Waals surface area contributed by atoms with E-state index in [1.54, 1.807) is 0 Å². The van der Waals surface area contributed by atoms with Crippen molar-refractivity contribution in [3.05, 3.63) is 21.9 Å². The summed E-state index contributed by atoms with van der Waals surface area (Å²) >= 11 is 11.0. The van der Waals surface area contributed by atoms with Gasteiger partial charge in [0.1, 0.15) is 10.0 Å². The zero-order valence-electron chi connectivity index (χ0n) is 11.0.